The predicted octanol–water partition coefficient (Wildman–Crippen LogP) is 0.849. The summed E-state index contributed by atoms with van der Waals surface area (Å²) in [6, 6.07) is 4.66. The Morgan fingerprint density at radius 1 is 1.24 bits per heavy atom. The Hall–Kier alpha value is -1.31. The maximum absolute atomic E-state index is 12.7. The second-order valence-corrected chi connectivity index (χ2v) is 7.57. The topological polar surface area (TPSA) is 76.1 Å². The predicted molar refractivity (Wildman–Crippen MR) is 76.0 cm³/mol. The standard InChI is InChI=1S/C14H19NO5S/c1-19-11-5-6-12(20-2)13(7-11)21(17,18)15-8-14(16,9-15)10-3-4-10/h5-7,10,16H,3-4,8-9H2,1-2H3. The first-order valence-electron chi connectivity index (χ1n) is 6.85. The summed E-state index contributed by atoms with van der Waals surface area (Å²) in [5.74, 6) is 0.973. The molecule has 1 saturated carbocycles. The van der Waals surface area contributed by atoms with Gasteiger partial charge in [0, 0.05) is 19.2 Å². The molecule has 1 saturated heterocycles. The highest BCUT2D eigenvalue weighted by molar-refractivity contribution is 7.89. The third-order valence-corrected chi connectivity index (χ3v) is 6.04. The number of aliphatic hydroxyl groups is 1. The highest BCUT2D eigenvalue weighted by Gasteiger charge is 2.55. The molecule has 116 valence electrons. The number of nitrogens with zero attached hydrogens (tertiary/aromatic N) is 1. The Kier molecular flexibility index (Phi) is 3.38. The lowest BCUT2D eigenvalue weighted by molar-refractivity contribution is -0.0765. The molecule has 1 aromatic rings. The fraction of sp³-hybridized carbons (Fsp3) is 0.571. The van der Waals surface area contributed by atoms with Crippen molar-refractivity contribution < 1.29 is 23.0 Å². The lowest BCUT2D eigenvalue weighted by atomic mass is 9.91. The fourth-order valence-corrected chi connectivity index (χ4v) is 4.47. The first kappa shape index (κ1) is 14.6. The van der Waals surface area contributed by atoms with Crippen LogP contribution in [0, 0.1) is 5.92 Å². The molecule has 0 unspecified atom stereocenters. The van der Waals surface area contributed by atoms with Crippen LogP contribution in [0.5, 0.6) is 11.5 Å². The van der Waals surface area contributed by atoms with Gasteiger partial charge in [-0.25, -0.2) is 8.42 Å². The van der Waals surface area contributed by atoms with E-state index in [9.17, 15) is 13.5 Å². The van der Waals surface area contributed by atoms with Gasteiger partial charge in [-0.1, -0.05) is 0 Å². The normalized spacial score (nSPS) is 21.7. The van der Waals surface area contributed by atoms with Crippen LogP contribution in [0.25, 0.3) is 0 Å². The number of hydrogen-bond acceptors (Lipinski definition) is 5. The quantitative estimate of drug-likeness (QED) is 0.872. The van der Waals surface area contributed by atoms with Gasteiger partial charge in [-0.2, -0.15) is 4.31 Å². The van der Waals surface area contributed by atoms with Gasteiger partial charge < -0.3 is 14.6 Å². The molecule has 0 bridgehead atoms. The van der Waals surface area contributed by atoms with Gasteiger partial charge in [0.2, 0.25) is 10.0 Å². The molecule has 0 radical (unpaired) electrons. The molecule has 7 heteroatoms. The minimum absolute atomic E-state index is 0.0715. The molecule has 6 nitrogen and oxygen atoms in total. The minimum Gasteiger partial charge on any atom is -0.497 e. The van der Waals surface area contributed by atoms with E-state index >= 15 is 0 Å². The van der Waals surface area contributed by atoms with E-state index in [0.717, 1.165) is 12.8 Å². The van der Waals surface area contributed by atoms with Crippen LogP contribution in [0.3, 0.4) is 0 Å². The van der Waals surface area contributed by atoms with Gasteiger partial charge in [0.25, 0.3) is 0 Å². The van der Waals surface area contributed by atoms with Crippen LogP contribution >= 0.6 is 0 Å². The summed E-state index contributed by atoms with van der Waals surface area (Å²) < 4.78 is 36.9. The van der Waals surface area contributed by atoms with E-state index in [2.05, 4.69) is 0 Å². The Balaban J connectivity index is 1.88. The molecule has 21 heavy (non-hydrogen) atoms. The summed E-state index contributed by atoms with van der Waals surface area (Å²) in [5, 5.41) is 10.3. The van der Waals surface area contributed by atoms with Crippen LogP contribution in [0.15, 0.2) is 23.1 Å². The van der Waals surface area contributed by atoms with E-state index < -0.39 is 15.6 Å². The molecular formula is C14H19NO5S. The molecule has 1 aromatic carbocycles. The van der Waals surface area contributed by atoms with Crippen LogP contribution in [0.4, 0.5) is 0 Å². The summed E-state index contributed by atoms with van der Waals surface area (Å²) in [4.78, 5) is 0.0715. The van der Waals surface area contributed by atoms with Gasteiger partial charge in [0.15, 0.2) is 0 Å². The lowest BCUT2D eigenvalue weighted by Crippen LogP contribution is -2.64. The number of ether oxygens (including phenoxy) is 2. The number of rotatable bonds is 5. The third-order valence-electron chi connectivity index (χ3n) is 4.23. The van der Waals surface area contributed by atoms with Crippen molar-refractivity contribution in [3.05, 3.63) is 18.2 Å². The second kappa shape index (κ2) is 4.86. The molecule has 2 fully saturated rings. The van der Waals surface area contributed by atoms with E-state index in [1.807, 2.05) is 0 Å². The zero-order valence-corrected chi connectivity index (χ0v) is 12.9. The van der Waals surface area contributed by atoms with E-state index in [4.69, 9.17) is 9.47 Å². The molecule has 1 N–H and O–H groups in total. The molecule has 1 aliphatic heterocycles. The maximum Gasteiger partial charge on any atom is 0.247 e. The van der Waals surface area contributed by atoms with Crippen molar-refractivity contribution in [3.63, 3.8) is 0 Å². The van der Waals surface area contributed by atoms with Gasteiger partial charge in [0.1, 0.15) is 16.4 Å². The number of benzene rings is 1. The van der Waals surface area contributed by atoms with Gasteiger partial charge in [-0.3, -0.25) is 0 Å². The Morgan fingerprint density at radius 2 is 1.90 bits per heavy atom. The second-order valence-electron chi connectivity index (χ2n) is 5.67. The van der Waals surface area contributed by atoms with Crippen LogP contribution < -0.4 is 9.47 Å². The molecular weight excluding hydrogens is 294 g/mol. The lowest BCUT2D eigenvalue weighted by Gasteiger charge is -2.45. The number of β-amino-alcohol motifs (C(OH)–C–C–N with tert-alkyl or cyclic N) is 1. The molecule has 0 spiro atoms. The van der Waals surface area contributed by atoms with Crippen LogP contribution in [-0.2, 0) is 10.0 Å². The Bertz CT molecular complexity index is 647. The van der Waals surface area contributed by atoms with Crippen molar-refractivity contribution in [2.45, 2.75) is 23.3 Å². The first-order valence-corrected chi connectivity index (χ1v) is 8.29. The molecule has 1 aliphatic carbocycles. The average molecular weight is 313 g/mol. The summed E-state index contributed by atoms with van der Waals surface area (Å²) in [6.07, 6.45) is 1.96. The number of hydrogen-bond donors (Lipinski definition) is 1. The van der Waals surface area contributed by atoms with Crippen molar-refractivity contribution in [2.24, 2.45) is 5.92 Å². The largest absolute Gasteiger partial charge is 0.497 e. The molecule has 1 heterocycles. The summed E-state index contributed by atoms with van der Waals surface area (Å²) in [7, 11) is -0.778. The van der Waals surface area contributed by atoms with Crippen molar-refractivity contribution in [3.8, 4) is 11.5 Å². The molecule has 0 atom stereocenters. The van der Waals surface area contributed by atoms with Gasteiger partial charge in [0.05, 0.1) is 19.8 Å². The van der Waals surface area contributed by atoms with E-state index in [1.165, 1.54) is 24.6 Å². The van der Waals surface area contributed by atoms with E-state index in [-0.39, 0.29) is 29.7 Å². The highest BCUT2D eigenvalue weighted by Crippen LogP contribution is 2.46. The molecule has 0 aromatic heterocycles. The summed E-state index contributed by atoms with van der Waals surface area (Å²) >= 11 is 0. The average Bonchev–Trinajstić information content (AvgIpc) is 3.27. The van der Waals surface area contributed by atoms with Crippen LogP contribution in [0.2, 0.25) is 0 Å². The Labute approximate surface area is 124 Å². The molecule has 2 aliphatic rings. The van der Waals surface area contributed by atoms with Crippen molar-refractivity contribution in [1.82, 2.24) is 4.31 Å². The summed E-state index contributed by atoms with van der Waals surface area (Å²) in [5.41, 5.74) is -0.848. The SMILES string of the molecule is COc1ccc(OC)c(S(=O)(=O)N2CC(O)(C3CC3)C2)c1. The summed E-state index contributed by atoms with van der Waals surface area (Å²) in [6.45, 7) is 0.306. The monoisotopic (exact) mass is 313 g/mol. The highest BCUT2D eigenvalue weighted by atomic mass is 32.2. The zero-order valence-electron chi connectivity index (χ0n) is 12.1. The van der Waals surface area contributed by atoms with E-state index in [0.29, 0.717) is 5.75 Å². The van der Waals surface area contributed by atoms with Gasteiger partial charge in [-0.05, 0) is 30.9 Å². The van der Waals surface area contributed by atoms with Crippen LogP contribution in [0.1, 0.15) is 12.8 Å². The van der Waals surface area contributed by atoms with E-state index in [1.54, 1.807) is 12.1 Å². The van der Waals surface area contributed by atoms with Crippen molar-refractivity contribution in [1.29, 1.82) is 0 Å². The minimum atomic E-state index is -3.69. The zero-order chi connectivity index (χ0) is 15.3. The van der Waals surface area contributed by atoms with Gasteiger partial charge in [-0.15, -0.1) is 0 Å². The third kappa shape index (κ3) is 2.39. The number of methoxy groups -OCH3 is 2. The van der Waals surface area contributed by atoms with Crippen molar-refractivity contribution in [2.75, 3.05) is 27.3 Å². The smallest absolute Gasteiger partial charge is 0.247 e. The van der Waals surface area contributed by atoms with Gasteiger partial charge >= 0.3 is 0 Å². The molecule has 0 amide bonds. The molecule has 3 rings (SSSR count). The van der Waals surface area contributed by atoms with Crippen molar-refractivity contribution >= 4 is 10.0 Å². The fourth-order valence-electron chi connectivity index (χ4n) is 2.74. The van der Waals surface area contributed by atoms with Crippen LogP contribution in [-0.4, -0.2) is 50.7 Å². The Morgan fingerprint density at radius 3 is 2.43 bits per heavy atom. The maximum atomic E-state index is 12.7. The first-order chi connectivity index (χ1) is 9.90. The number of sulfonamides is 1.